The first-order valence-corrected chi connectivity index (χ1v) is 7.65. The molecule has 2 saturated carbocycles. The van der Waals surface area contributed by atoms with E-state index in [0.717, 1.165) is 11.8 Å². The highest BCUT2D eigenvalue weighted by Crippen LogP contribution is 2.31. The number of nitrogens with zero attached hydrogens (tertiary/aromatic N) is 2. The number of azo groups is 1. The van der Waals surface area contributed by atoms with Gasteiger partial charge >= 0.3 is 0 Å². The van der Waals surface area contributed by atoms with Crippen molar-refractivity contribution in [3.05, 3.63) is 0 Å². The van der Waals surface area contributed by atoms with E-state index in [0.29, 0.717) is 12.1 Å². The van der Waals surface area contributed by atoms with Crippen molar-refractivity contribution in [2.45, 2.75) is 83.7 Å². The van der Waals surface area contributed by atoms with Crippen LogP contribution >= 0.6 is 0 Å². The van der Waals surface area contributed by atoms with Gasteiger partial charge in [0.15, 0.2) is 0 Å². The summed E-state index contributed by atoms with van der Waals surface area (Å²) in [5.74, 6) is 1.79. The molecule has 0 N–H and O–H groups in total. The third-order valence-electron chi connectivity index (χ3n) is 4.65. The predicted octanol–water partition coefficient (Wildman–Crippen LogP) is 4.99. The second kappa shape index (κ2) is 6.51. The second-order valence-electron chi connectivity index (χ2n) is 6.34. The highest BCUT2D eigenvalue weighted by molar-refractivity contribution is 4.78. The van der Waals surface area contributed by atoms with Gasteiger partial charge in [0.25, 0.3) is 0 Å². The lowest BCUT2D eigenvalue weighted by atomic mass is 9.80. The molecule has 0 amide bonds. The third-order valence-corrected chi connectivity index (χ3v) is 4.65. The van der Waals surface area contributed by atoms with Crippen LogP contribution in [0.4, 0.5) is 0 Å². The molecule has 0 unspecified atom stereocenters. The normalized spacial score (nSPS) is 32.4. The van der Waals surface area contributed by atoms with Gasteiger partial charge in [0, 0.05) is 0 Å². The Kier molecular flexibility index (Phi) is 4.99. The maximum Gasteiger partial charge on any atom is 0.0708 e. The van der Waals surface area contributed by atoms with Gasteiger partial charge in [-0.1, -0.05) is 33.1 Å². The molecule has 0 bridgehead atoms. The molecule has 0 aliphatic heterocycles. The molecule has 2 heteroatoms. The quantitative estimate of drug-likeness (QED) is 0.617. The van der Waals surface area contributed by atoms with E-state index in [1.807, 2.05) is 0 Å². The SMILES string of the molecule is CC(C)C1CCC(/N=N\C2CCCCC2)CC1. The first kappa shape index (κ1) is 13.0. The van der Waals surface area contributed by atoms with Gasteiger partial charge in [-0.15, -0.1) is 0 Å². The van der Waals surface area contributed by atoms with Crippen LogP contribution in [0.1, 0.15) is 71.6 Å². The van der Waals surface area contributed by atoms with Crippen LogP contribution in [0.3, 0.4) is 0 Å². The fourth-order valence-electron chi connectivity index (χ4n) is 3.27. The van der Waals surface area contributed by atoms with Gasteiger partial charge in [-0.2, -0.15) is 10.2 Å². The van der Waals surface area contributed by atoms with Gasteiger partial charge < -0.3 is 0 Å². The van der Waals surface area contributed by atoms with Crippen molar-refractivity contribution in [1.29, 1.82) is 0 Å². The minimum absolute atomic E-state index is 0.548. The summed E-state index contributed by atoms with van der Waals surface area (Å²) in [5, 5.41) is 9.23. The fourth-order valence-corrected chi connectivity index (χ4v) is 3.27. The van der Waals surface area contributed by atoms with E-state index in [1.54, 1.807) is 0 Å². The molecule has 98 valence electrons. The number of rotatable bonds is 3. The van der Waals surface area contributed by atoms with Crippen molar-refractivity contribution in [3.63, 3.8) is 0 Å². The van der Waals surface area contributed by atoms with Gasteiger partial charge in [-0.3, -0.25) is 0 Å². The minimum Gasteiger partial charge on any atom is -0.191 e. The zero-order valence-electron chi connectivity index (χ0n) is 11.6. The molecule has 17 heavy (non-hydrogen) atoms. The van der Waals surface area contributed by atoms with Crippen LogP contribution in [0.5, 0.6) is 0 Å². The van der Waals surface area contributed by atoms with Crippen molar-refractivity contribution in [1.82, 2.24) is 0 Å². The Hall–Kier alpha value is -0.400. The van der Waals surface area contributed by atoms with E-state index in [-0.39, 0.29) is 0 Å². The molecule has 0 aromatic heterocycles. The van der Waals surface area contributed by atoms with Crippen molar-refractivity contribution in [2.24, 2.45) is 22.1 Å². The molecular weight excluding hydrogens is 208 g/mol. The minimum atomic E-state index is 0.548. The van der Waals surface area contributed by atoms with E-state index in [4.69, 9.17) is 0 Å². The van der Waals surface area contributed by atoms with Crippen molar-refractivity contribution in [2.75, 3.05) is 0 Å². The molecule has 2 rings (SSSR count). The number of hydrogen-bond donors (Lipinski definition) is 0. The smallest absolute Gasteiger partial charge is 0.0708 e. The summed E-state index contributed by atoms with van der Waals surface area (Å²) in [6.07, 6.45) is 12.0. The summed E-state index contributed by atoms with van der Waals surface area (Å²) >= 11 is 0. The van der Waals surface area contributed by atoms with Gasteiger partial charge in [-0.25, -0.2) is 0 Å². The van der Waals surface area contributed by atoms with E-state index in [9.17, 15) is 0 Å². The molecule has 0 atom stereocenters. The molecule has 2 aliphatic carbocycles. The van der Waals surface area contributed by atoms with E-state index in [1.165, 1.54) is 57.8 Å². The Labute approximate surface area is 106 Å². The van der Waals surface area contributed by atoms with Crippen LogP contribution in [0.2, 0.25) is 0 Å². The van der Waals surface area contributed by atoms with Gasteiger partial charge in [0.1, 0.15) is 0 Å². The summed E-state index contributed by atoms with van der Waals surface area (Å²) < 4.78 is 0. The molecule has 2 fully saturated rings. The summed E-state index contributed by atoms with van der Waals surface area (Å²) in [6, 6.07) is 1.11. The van der Waals surface area contributed by atoms with Gasteiger partial charge in [0.05, 0.1) is 12.1 Å². The second-order valence-corrected chi connectivity index (χ2v) is 6.34. The lowest BCUT2D eigenvalue weighted by Gasteiger charge is -2.28. The van der Waals surface area contributed by atoms with E-state index >= 15 is 0 Å². The maximum absolute atomic E-state index is 4.63. The Morgan fingerprint density at radius 3 is 1.76 bits per heavy atom. The first-order valence-electron chi connectivity index (χ1n) is 7.65. The Morgan fingerprint density at radius 1 is 0.706 bits per heavy atom. The molecule has 0 aromatic carbocycles. The topological polar surface area (TPSA) is 24.7 Å². The molecule has 2 aliphatic rings. The van der Waals surface area contributed by atoms with Crippen LogP contribution in [0.15, 0.2) is 10.2 Å². The van der Waals surface area contributed by atoms with Crippen LogP contribution in [-0.4, -0.2) is 12.1 Å². The maximum atomic E-state index is 4.63. The molecule has 0 aromatic rings. The summed E-state index contributed by atoms with van der Waals surface area (Å²) in [7, 11) is 0. The van der Waals surface area contributed by atoms with Gasteiger partial charge in [-0.05, 0) is 50.4 Å². The Balaban J connectivity index is 1.71. The summed E-state index contributed by atoms with van der Waals surface area (Å²) in [6.45, 7) is 4.71. The Bertz CT molecular complexity index is 233. The van der Waals surface area contributed by atoms with E-state index < -0.39 is 0 Å². The summed E-state index contributed by atoms with van der Waals surface area (Å²) in [5.41, 5.74) is 0. The predicted molar refractivity (Wildman–Crippen MR) is 72.3 cm³/mol. The highest BCUT2D eigenvalue weighted by atomic mass is 15.1. The molecule has 0 radical (unpaired) electrons. The van der Waals surface area contributed by atoms with Crippen molar-refractivity contribution in [3.8, 4) is 0 Å². The highest BCUT2D eigenvalue weighted by Gasteiger charge is 2.23. The molecule has 0 saturated heterocycles. The van der Waals surface area contributed by atoms with Gasteiger partial charge in [0.2, 0.25) is 0 Å². The zero-order chi connectivity index (χ0) is 12.1. The lowest BCUT2D eigenvalue weighted by Crippen LogP contribution is -2.21. The van der Waals surface area contributed by atoms with Crippen LogP contribution in [-0.2, 0) is 0 Å². The Morgan fingerprint density at radius 2 is 1.24 bits per heavy atom. The third kappa shape index (κ3) is 4.08. The first-order chi connectivity index (χ1) is 8.25. The fraction of sp³-hybridized carbons (Fsp3) is 1.00. The van der Waals surface area contributed by atoms with E-state index in [2.05, 4.69) is 24.1 Å². The molecule has 0 heterocycles. The average molecular weight is 236 g/mol. The standard InChI is InChI=1S/C15H28N2/c1-12(2)13-8-10-15(11-9-13)17-16-14-6-4-3-5-7-14/h12-15H,3-11H2,1-2H3/b17-16-. The molecular formula is C15H28N2. The molecule has 0 spiro atoms. The number of hydrogen-bond acceptors (Lipinski definition) is 2. The monoisotopic (exact) mass is 236 g/mol. The molecule has 2 nitrogen and oxygen atoms in total. The van der Waals surface area contributed by atoms with Crippen LogP contribution in [0.25, 0.3) is 0 Å². The van der Waals surface area contributed by atoms with Crippen LogP contribution in [0, 0.1) is 11.8 Å². The van der Waals surface area contributed by atoms with Crippen molar-refractivity contribution < 1.29 is 0 Å². The summed E-state index contributed by atoms with van der Waals surface area (Å²) in [4.78, 5) is 0. The van der Waals surface area contributed by atoms with Crippen molar-refractivity contribution >= 4 is 0 Å². The largest absolute Gasteiger partial charge is 0.191 e. The zero-order valence-corrected chi connectivity index (χ0v) is 11.6. The van der Waals surface area contributed by atoms with Crippen LogP contribution < -0.4 is 0 Å². The average Bonchev–Trinajstić information content (AvgIpc) is 2.38. The lowest BCUT2D eigenvalue weighted by molar-refractivity contribution is 0.254.